The van der Waals surface area contributed by atoms with Crippen molar-refractivity contribution in [2.24, 2.45) is 11.7 Å². The molecule has 0 spiro atoms. The van der Waals surface area contributed by atoms with Crippen molar-refractivity contribution in [3.8, 4) is 0 Å². The second kappa shape index (κ2) is 7.96. The standard InChI is InChI=1S/C14H25N3O2/c1-11(2)14(15)12-5-7-17(9-12)10-13(18)16-6-4-8-19-3/h5,7,9,11,14H,4,6,8,10,15H2,1-3H3,(H,16,18). The molecule has 1 aromatic rings. The molecular weight excluding hydrogens is 242 g/mol. The Morgan fingerprint density at radius 3 is 2.89 bits per heavy atom. The van der Waals surface area contributed by atoms with E-state index in [0.29, 0.717) is 25.6 Å². The predicted molar refractivity (Wildman–Crippen MR) is 75.7 cm³/mol. The van der Waals surface area contributed by atoms with Gasteiger partial charge in [-0.2, -0.15) is 0 Å². The van der Waals surface area contributed by atoms with Crippen LogP contribution >= 0.6 is 0 Å². The summed E-state index contributed by atoms with van der Waals surface area (Å²) in [7, 11) is 1.65. The van der Waals surface area contributed by atoms with Gasteiger partial charge in [-0.25, -0.2) is 0 Å². The van der Waals surface area contributed by atoms with Crippen molar-refractivity contribution >= 4 is 5.91 Å². The van der Waals surface area contributed by atoms with Crippen LogP contribution in [0.15, 0.2) is 18.5 Å². The van der Waals surface area contributed by atoms with Gasteiger partial charge in [-0.15, -0.1) is 0 Å². The van der Waals surface area contributed by atoms with E-state index in [-0.39, 0.29) is 11.9 Å². The Labute approximate surface area is 115 Å². The lowest BCUT2D eigenvalue weighted by Crippen LogP contribution is -2.28. The molecule has 19 heavy (non-hydrogen) atoms. The molecule has 1 amide bonds. The molecule has 0 radical (unpaired) electrons. The number of rotatable bonds is 8. The number of ether oxygens (including phenoxy) is 1. The topological polar surface area (TPSA) is 69.3 Å². The summed E-state index contributed by atoms with van der Waals surface area (Å²) in [6, 6.07) is 1.99. The monoisotopic (exact) mass is 267 g/mol. The molecule has 0 aliphatic rings. The molecule has 0 aromatic carbocycles. The minimum Gasteiger partial charge on any atom is -0.385 e. The molecule has 0 aliphatic heterocycles. The molecule has 0 saturated carbocycles. The maximum Gasteiger partial charge on any atom is 0.239 e. The molecule has 108 valence electrons. The third-order valence-corrected chi connectivity index (χ3v) is 3.05. The fourth-order valence-electron chi connectivity index (χ4n) is 1.81. The van der Waals surface area contributed by atoms with Crippen LogP contribution in [0.2, 0.25) is 0 Å². The Hall–Kier alpha value is -1.33. The van der Waals surface area contributed by atoms with Crippen LogP contribution in [-0.4, -0.2) is 30.7 Å². The SMILES string of the molecule is COCCCNC(=O)Cn1ccc(C(N)C(C)C)c1. The molecule has 5 nitrogen and oxygen atoms in total. The Morgan fingerprint density at radius 1 is 1.53 bits per heavy atom. The van der Waals surface area contributed by atoms with Gasteiger partial charge in [0.2, 0.25) is 5.91 Å². The number of hydrogen-bond donors (Lipinski definition) is 2. The zero-order chi connectivity index (χ0) is 14.3. The van der Waals surface area contributed by atoms with Gasteiger partial charge >= 0.3 is 0 Å². The van der Waals surface area contributed by atoms with Gasteiger partial charge in [0.05, 0.1) is 0 Å². The highest BCUT2D eigenvalue weighted by molar-refractivity contribution is 5.75. The summed E-state index contributed by atoms with van der Waals surface area (Å²) < 4.78 is 6.79. The number of methoxy groups -OCH3 is 1. The van der Waals surface area contributed by atoms with Gasteiger partial charge in [-0.3, -0.25) is 4.79 Å². The third kappa shape index (κ3) is 5.44. The molecular formula is C14H25N3O2. The number of carbonyl (C=O) groups excluding carboxylic acids is 1. The molecule has 0 aliphatic carbocycles. The fraction of sp³-hybridized carbons (Fsp3) is 0.643. The highest BCUT2D eigenvalue weighted by Gasteiger charge is 2.12. The van der Waals surface area contributed by atoms with E-state index in [2.05, 4.69) is 19.2 Å². The van der Waals surface area contributed by atoms with Crippen LogP contribution in [0, 0.1) is 5.92 Å². The van der Waals surface area contributed by atoms with Crippen LogP contribution in [0.4, 0.5) is 0 Å². The fourth-order valence-corrected chi connectivity index (χ4v) is 1.81. The quantitative estimate of drug-likeness (QED) is 0.697. The minimum absolute atomic E-state index is 0.0105. The van der Waals surface area contributed by atoms with Crippen LogP contribution in [0.1, 0.15) is 31.9 Å². The molecule has 0 bridgehead atoms. The molecule has 0 saturated heterocycles. The van der Waals surface area contributed by atoms with E-state index in [1.807, 2.05) is 23.0 Å². The number of amides is 1. The average molecular weight is 267 g/mol. The summed E-state index contributed by atoms with van der Waals surface area (Å²) in [6.45, 7) is 5.82. The number of nitrogens with one attached hydrogen (secondary N) is 1. The zero-order valence-corrected chi connectivity index (χ0v) is 12.1. The number of aromatic nitrogens is 1. The van der Waals surface area contributed by atoms with Crippen molar-refractivity contribution in [3.05, 3.63) is 24.0 Å². The van der Waals surface area contributed by atoms with Crippen LogP contribution in [-0.2, 0) is 16.1 Å². The summed E-state index contributed by atoms with van der Waals surface area (Å²) in [5.74, 6) is 0.398. The second-order valence-electron chi connectivity index (χ2n) is 5.08. The van der Waals surface area contributed by atoms with Crippen molar-refractivity contribution < 1.29 is 9.53 Å². The van der Waals surface area contributed by atoms with Crippen LogP contribution in [0.3, 0.4) is 0 Å². The van der Waals surface area contributed by atoms with Gasteiger partial charge in [0.25, 0.3) is 0 Å². The smallest absolute Gasteiger partial charge is 0.239 e. The molecule has 1 unspecified atom stereocenters. The van der Waals surface area contributed by atoms with Crippen molar-refractivity contribution in [3.63, 3.8) is 0 Å². The number of carbonyl (C=O) groups is 1. The Morgan fingerprint density at radius 2 is 2.26 bits per heavy atom. The normalized spacial score (nSPS) is 12.7. The lowest BCUT2D eigenvalue weighted by Gasteiger charge is -2.13. The minimum atomic E-state index is 0.0105. The number of hydrogen-bond acceptors (Lipinski definition) is 3. The first-order chi connectivity index (χ1) is 9.04. The predicted octanol–water partition coefficient (Wildman–Crippen LogP) is 1.30. The van der Waals surface area contributed by atoms with Gasteiger partial charge in [-0.05, 0) is 24.0 Å². The highest BCUT2D eigenvalue weighted by Crippen LogP contribution is 2.18. The van der Waals surface area contributed by atoms with Crippen molar-refractivity contribution in [2.45, 2.75) is 32.9 Å². The molecule has 3 N–H and O–H groups in total. The van der Waals surface area contributed by atoms with E-state index in [4.69, 9.17) is 10.5 Å². The lowest BCUT2D eigenvalue weighted by atomic mass is 10.00. The van der Waals surface area contributed by atoms with Crippen LogP contribution in [0.25, 0.3) is 0 Å². The van der Waals surface area contributed by atoms with Crippen molar-refractivity contribution in [2.75, 3.05) is 20.3 Å². The van der Waals surface area contributed by atoms with Gasteiger partial charge in [0.15, 0.2) is 0 Å². The first kappa shape index (κ1) is 15.7. The second-order valence-corrected chi connectivity index (χ2v) is 5.08. The van der Waals surface area contributed by atoms with Gasteiger partial charge in [-0.1, -0.05) is 13.8 Å². The molecule has 1 atom stereocenters. The van der Waals surface area contributed by atoms with Crippen LogP contribution in [0.5, 0.6) is 0 Å². The molecule has 1 heterocycles. The maximum absolute atomic E-state index is 11.7. The van der Waals surface area contributed by atoms with Crippen molar-refractivity contribution in [1.82, 2.24) is 9.88 Å². The van der Waals surface area contributed by atoms with E-state index in [0.717, 1.165) is 12.0 Å². The highest BCUT2D eigenvalue weighted by atomic mass is 16.5. The van der Waals surface area contributed by atoms with E-state index in [1.54, 1.807) is 7.11 Å². The van der Waals surface area contributed by atoms with E-state index in [9.17, 15) is 4.79 Å². The molecule has 5 heteroatoms. The summed E-state index contributed by atoms with van der Waals surface area (Å²) in [6.07, 6.45) is 4.67. The van der Waals surface area contributed by atoms with E-state index < -0.39 is 0 Å². The largest absolute Gasteiger partial charge is 0.385 e. The van der Waals surface area contributed by atoms with Crippen LogP contribution < -0.4 is 11.1 Å². The Kier molecular flexibility index (Phi) is 6.59. The maximum atomic E-state index is 11.7. The summed E-state index contributed by atoms with van der Waals surface area (Å²) in [4.78, 5) is 11.7. The first-order valence-corrected chi connectivity index (χ1v) is 6.71. The summed E-state index contributed by atoms with van der Waals surface area (Å²) in [5, 5.41) is 2.86. The molecule has 1 rings (SSSR count). The third-order valence-electron chi connectivity index (χ3n) is 3.05. The van der Waals surface area contributed by atoms with E-state index >= 15 is 0 Å². The van der Waals surface area contributed by atoms with Crippen molar-refractivity contribution in [1.29, 1.82) is 0 Å². The number of nitrogens with zero attached hydrogens (tertiary/aromatic N) is 1. The lowest BCUT2D eigenvalue weighted by molar-refractivity contribution is -0.121. The van der Waals surface area contributed by atoms with E-state index in [1.165, 1.54) is 0 Å². The zero-order valence-electron chi connectivity index (χ0n) is 12.1. The Bertz CT molecular complexity index is 388. The number of nitrogens with two attached hydrogens (primary N) is 1. The van der Waals surface area contributed by atoms with Gasteiger partial charge < -0.3 is 20.4 Å². The average Bonchev–Trinajstić information content (AvgIpc) is 2.82. The Balaban J connectivity index is 2.38. The molecule has 0 fully saturated rings. The summed E-state index contributed by atoms with van der Waals surface area (Å²) in [5.41, 5.74) is 7.14. The molecule has 1 aromatic heterocycles. The van der Waals surface area contributed by atoms with Gasteiger partial charge in [0.1, 0.15) is 6.54 Å². The first-order valence-electron chi connectivity index (χ1n) is 6.71. The summed E-state index contributed by atoms with van der Waals surface area (Å²) >= 11 is 0. The van der Waals surface area contributed by atoms with Gasteiger partial charge in [0, 0.05) is 38.7 Å².